The molecule has 1 aromatic rings. The summed E-state index contributed by atoms with van der Waals surface area (Å²) in [7, 11) is 2.06. The van der Waals surface area contributed by atoms with Gasteiger partial charge in [-0.15, -0.1) is 0 Å². The van der Waals surface area contributed by atoms with E-state index in [0.717, 1.165) is 12.8 Å². The van der Waals surface area contributed by atoms with Gasteiger partial charge in [0, 0.05) is 12.0 Å². The summed E-state index contributed by atoms with van der Waals surface area (Å²) < 4.78 is 0. The van der Waals surface area contributed by atoms with Crippen LogP contribution in [0.2, 0.25) is 0 Å². The minimum atomic E-state index is 0.0280. The monoisotopic (exact) mass is 261 g/mol. The molecular formula is C17H27NO. The van der Waals surface area contributed by atoms with E-state index in [2.05, 4.69) is 50.1 Å². The van der Waals surface area contributed by atoms with E-state index in [4.69, 9.17) is 0 Å². The maximum absolute atomic E-state index is 12.4. The standard InChI is InChI=1S/C17H27NO/c1-13(2)17(19)16(18(5)14(3)4)12-11-15-9-7-6-8-10-15/h6-10,13-14,16H,11-12H2,1-5H3/t16-/m1/s1. The number of benzene rings is 1. The molecule has 1 atom stereocenters. The average molecular weight is 261 g/mol. The zero-order valence-electron chi connectivity index (χ0n) is 12.9. The van der Waals surface area contributed by atoms with E-state index in [1.165, 1.54) is 5.56 Å². The summed E-state index contributed by atoms with van der Waals surface area (Å²) in [4.78, 5) is 14.6. The molecule has 2 heteroatoms. The first kappa shape index (κ1) is 15.9. The van der Waals surface area contributed by atoms with Crippen LogP contribution in [0.1, 0.15) is 39.7 Å². The number of ketones is 1. The molecular weight excluding hydrogens is 234 g/mol. The summed E-state index contributed by atoms with van der Waals surface area (Å²) in [6, 6.07) is 10.8. The molecule has 19 heavy (non-hydrogen) atoms. The van der Waals surface area contributed by atoms with Crippen molar-refractivity contribution in [2.75, 3.05) is 7.05 Å². The minimum Gasteiger partial charge on any atom is -0.298 e. The van der Waals surface area contributed by atoms with Crippen LogP contribution >= 0.6 is 0 Å². The highest BCUT2D eigenvalue weighted by atomic mass is 16.1. The fraction of sp³-hybridized carbons (Fsp3) is 0.588. The number of carbonyl (C=O) groups is 1. The summed E-state index contributed by atoms with van der Waals surface area (Å²) in [6.45, 7) is 8.27. The van der Waals surface area contributed by atoms with E-state index in [-0.39, 0.29) is 12.0 Å². The largest absolute Gasteiger partial charge is 0.298 e. The number of aryl methyl sites for hydroxylation is 1. The van der Waals surface area contributed by atoms with Crippen LogP contribution in [0.3, 0.4) is 0 Å². The maximum Gasteiger partial charge on any atom is 0.152 e. The van der Waals surface area contributed by atoms with Crippen LogP contribution in [-0.2, 0) is 11.2 Å². The summed E-state index contributed by atoms with van der Waals surface area (Å²) in [5.74, 6) is 0.453. The van der Waals surface area contributed by atoms with Crippen LogP contribution in [0.4, 0.5) is 0 Å². The fourth-order valence-electron chi connectivity index (χ4n) is 2.24. The quantitative estimate of drug-likeness (QED) is 0.748. The zero-order chi connectivity index (χ0) is 14.4. The molecule has 0 saturated carbocycles. The van der Waals surface area contributed by atoms with E-state index in [1.807, 2.05) is 19.9 Å². The molecule has 2 nitrogen and oxygen atoms in total. The molecule has 0 aliphatic heterocycles. The van der Waals surface area contributed by atoms with Crippen molar-refractivity contribution in [1.29, 1.82) is 0 Å². The molecule has 0 bridgehead atoms. The van der Waals surface area contributed by atoms with E-state index in [9.17, 15) is 4.79 Å². The third-order valence-electron chi connectivity index (χ3n) is 3.75. The van der Waals surface area contributed by atoms with Gasteiger partial charge in [0.25, 0.3) is 0 Å². The van der Waals surface area contributed by atoms with Crippen LogP contribution < -0.4 is 0 Å². The molecule has 0 aliphatic rings. The summed E-state index contributed by atoms with van der Waals surface area (Å²) in [6.07, 6.45) is 1.86. The Morgan fingerprint density at radius 3 is 2.16 bits per heavy atom. The van der Waals surface area contributed by atoms with Crippen molar-refractivity contribution in [1.82, 2.24) is 4.90 Å². The van der Waals surface area contributed by atoms with Gasteiger partial charge in [-0.25, -0.2) is 0 Å². The van der Waals surface area contributed by atoms with Gasteiger partial charge in [-0.2, -0.15) is 0 Å². The van der Waals surface area contributed by atoms with Crippen molar-refractivity contribution in [3.05, 3.63) is 35.9 Å². The van der Waals surface area contributed by atoms with Crippen LogP contribution in [-0.4, -0.2) is 29.8 Å². The molecule has 1 aromatic carbocycles. The lowest BCUT2D eigenvalue weighted by atomic mass is 9.94. The van der Waals surface area contributed by atoms with E-state index in [1.54, 1.807) is 0 Å². The highest BCUT2D eigenvalue weighted by molar-refractivity contribution is 5.85. The van der Waals surface area contributed by atoms with Crippen molar-refractivity contribution in [3.63, 3.8) is 0 Å². The lowest BCUT2D eigenvalue weighted by Crippen LogP contribution is -2.44. The predicted molar refractivity (Wildman–Crippen MR) is 81.3 cm³/mol. The summed E-state index contributed by atoms with van der Waals surface area (Å²) >= 11 is 0. The van der Waals surface area contributed by atoms with Gasteiger partial charge in [-0.1, -0.05) is 44.2 Å². The molecule has 0 heterocycles. The van der Waals surface area contributed by atoms with Gasteiger partial charge in [-0.05, 0) is 39.3 Å². The fourth-order valence-corrected chi connectivity index (χ4v) is 2.24. The smallest absolute Gasteiger partial charge is 0.152 e. The van der Waals surface area contributed by atoms with Crippen molar-refractivity contribution in [3.8, 4) is 0 Å². The average Bonchev–Trinajstić information content (AvgIpc) is 2.39. The molecule has 0 fully saturated rings. The Labute approximate surface area is 117 Å². The zero-order valence-corrected chi connectivity index (χ0v) is 12.9. The molecule has 0 N–H and O–H groups in total. The Balaban J connectivity index is 2.72. The number of hydrogen-bond acceptors (Lipinski definition) is 2. The number of hydrogen-bond donors (Lipinski definition) is 0. The van der Waals surface area contributed by atoms with Gasteiger partial charge in [0.05, 0.1) is 6.04 Å². The van der Waals surface area contributed by atoms with Crippen LogP contribution in [0.25, 0.3) is 0 Å². The molecule has 0 radical (unpaired) electrons. The summed E-state index contributed by atoms with van der Waals surface area (Å²) in [5.41, 5.74) is 1.31. The van der Waals surface area contributed by atoms with Crippen LogP contribution in [0, 0.1) is 5.92 Å². The number of Topliss-reactive ketones (excluding diaryl/α,β-unsaturated/α-hetero) is 1. The first-order valence-corrected chi connectivity index (χ1v) is 7.23. The molecule has 1 rings (SSSR count). The topological polar surface area (TPSA) is 20.3 Å². The third kappa shape index (κ3) is 4.79. The number of rotatable bonds is 7. The SMILES string of the molecule is CC(C)C(=O)[C@@H](CCc1ccccc1)N(C)C(C)C. The molecule has 0 aromatic heterocycles. The van der Waals surface area contributed by atoms with Crippen LogP contribution in [0.5, 0.6) is 0 Å². The summed E-state index contributed by atoms with van der Waals surface area (Å²) in [5, 5.41) is 0. The second-order valence-electron chi connectivity index (χ2n) is 5.86. The molecule has 0 amide bonds. The molecule has 0 unspecified atom stereocenters. The van der Waals surface area contributed by atoms with Gasteiger partial charge in [0.15, 0.2) is 5.78 Å². The Bertz CT molecular complexity index is 384. The minimum absolute atomic E-state index is 0.0280. The molecule has 106 valence electrons. The first-order valence-electron chi connectivity index (χ1n) is 7.23. The van der Waals surface area contributed by atoms with Gasteiger partial charge < -0.3 is 0 Å². The molecule has 0 aliphatic carbocycles. The lowest BCUT2D eigenvalue weighted by molar-refractivity contribution is -0.127. The van der Waals surface area contributed by atoms with Gasteiger partial charge in [-0.3, -0.25) is 9.69 Å². The Morgan fingerprint density at radius 1 is 1.11 bits per heavy atom. The first-order chi connectivity index (χ1) is 8.93. The van der Waals surface area contributed by atoms with Crippen molar-refractivity contribution >= 4 is 5.78 Å². The normalized spacial score (nSPS) is 13.3. The lowest BCUT2D eigenvalue weighted by Gasteiger charge is -2.31. The second kappa shape index (κ2) is 7.44. The third-order valence-corrected chi connectivity index (χ3v) is 3.75. The molecule has 0 saturated heterocycles. The van der Waals surface area contributed by atoms with Crippen molar-refractivity contribution < 1.29 is 4.79 Å². The van der Waals surface area contributed by atoms with E-state index >= 15 is 0 Å². The van der Waals surface area contributed by atoms with Crippen molar-refractivity contribution in [2.45, 2.75) is 52.6 Å². The van der Waals surface area contributed by atoms with E-state index < -0.39 is 0 Å². The Morgan fingerprint density at radius 2 is 1.68 bits per heavy atom. The predicted octanol–water partition coefficient (Wildman–Crippen LogP) is 3.55. The number of carbonyl (C=O) groups excluding carboxylic acids is 1. The maximum atomic E-state index is 12.4. The Kier molecular flexibility index (Phi) is 6.23. The van der Waals surface area contributed by atoms with E-state index in [0.29, 0.717) is 11.8 Å². The number of likely N-dealkylation sites (N-methyl/N-ethyl adjacent to an activating group) is 1. The van der Waals surface area contributed by atoms with Gasteiger partial charge in [0.1, 0.15) is 0 Å². The highest BCUT2D eigenvalue weighted by Gasteiger charge is 2.26. The van der Waals surface area contributed by atoms with Crippen molar-refractivity contribution in [2.24, 2.45) is 5.92 Å². The van der Waals surface area contributed by atoms with Gasteiger partial charge >= 0.3 is 0 Å². The Hall–Kier alpha value is -1.15. The number of nitrogens with zero attached hydrogens (tertiary/aromatic N) is 1. The van der Waals surface area contributed by atoms with Crippen LogP contribution in [0.15, 0.2) is 30.3 Å². The molecule has 0 spiro atoms. The second-order valence-corrected chi connectivity index (χ2v) is 5.86. The highest BCUT2D eigenvalue weighted by Crippen LogP contribution is 2.15. The van der Waals surface area contributed by atoms with Gasteiger partial charge in [0.2, 0.25) is 0 Å².